The monoisotopic (exact) mass is 343 g/mol. The molecule has 0 radical (unpaired) electrons. The van der Waals surface area contributed by atoms with Crippen LogP contribution in [0.5, 0.6) is 11.6 Å². The lowest BCUT2D eigenvalue weighted by molar-refractivity contribution is 0.00202. The van der Waals surface area contributed by atoms with E-state index in [1.54, 1.807) is 13.2 Å². The normalized spacial score (nSPS) is 19.6. The Balaban J connectivity index is 1.43. The molecule has 2 aromatic rings. The van der Waals surface area contributed by atoms with E-state index in [2.05, 4.69) is 15.4 Å². The predicted octanol–water partition coefficient (Wildman–Crippen LogP) is 1.84. The molecule has 1 aromatic carbocycles. The van der Waals surface area contributed by atoms with E-state index in [1.165, 1.54) is 0 Å². The number of carbonyl (C=O) groups excluding carboxylic acids is 1. The standard InChI is InChI=1S/C18H21N3O4/c1-23-16-10-13(25-20-16)11-21-8-6-18(7-9-21)12-19-17(22)14-4-2-3-5-15(14)24-18/h2-5,10H,6-9,11-12H2,1H3,(H,19,22). The zero-order chi connectivity index (χ0) is 17.3. The fraction of sp³-hybridized carbons (Fsp3) is 0.444. The second-order valence-corrected chi connectivity index (χ2v) is 6.58. The van der Waals surface area contributed by atoms with Crippen LogP contribution in [0, 0.1) is 0 Å². The minimum Gasteiger partial charge on any atom is -0.485 e. The van der Waals surface area contributed by atoms with Crippen molar-refractivity contribution in [2.45, 2.75) is 25.0 Å². The number of rotatable bonds is 3. The Bertz CT molecular complexity index is 765. The minimum atomic E-state index is -0.349. The van der Waals surface area contributed by atoms with Gasteiger partial charge in [0.1, 0.15) is 11.4 Å². The van der Waals surface area contributed by atoms with Crippen molar-refractivity contribution < 1.29 is 18.8 Å². The fourth-order valence-corrected chi connectivity index (χ4v) is 3.43. The van der Waals surface area contributed by atoms with Crippen molar-refractivity contribution in [2.24, 2.45) is 0 Å². The van der Waals surface area contributed by atoms with E-state index < -0.39 is 0 Å². The number of para-hydroxylation sites is 1. The zero-order valence-electron chi connectivity index (χ0n) is 14.2. The van der Waals surface area contributed by atoms with Crippen LogP contribution < -0.4 is 14.8 Å². The van der Waals surface area contributed by atoms with Gasteiger partial charge in [-0.2, -0.15) is 0 Å². The Labute approximate surface area is 145 Å². The number of amides is 1. The number of nitrogens with one attached hydrogen (secondary N) is 1. The van der Waals surface area contributed by atoms with Crippen molar-refractivity contribution in [2.75, 3.05) is 26.7 Å². The molecule has 2 aliphatic heterocycles. The van der Waals surface area contributed by atoms with Gasteiger partial charge in [-0.15, -0.1) is 0 Å². The Morgan fingerprint density at radius 2 is 2.12 bits per heavy atom. The van der Waals surface area contributed by atoms with E-state index in [1.807, 2.05) is 24.3 Å². The summed E-state index contributed by atoms with van der Waals surface area (Å²) in [7, 11) is 1.57. The number of aromatic nitrogens is 1. The van der Waals surface area contributed by atoms with Gasteiger partial charge in [0.25, 0.3) is 11.8 Å². The van der Waals surface area contributed by atoms with Crippen LogP contribution in [0.1, 0.15) is 29.0 Å². The Morgan fingerprint density at radius 3 is 2.88 bits per heavy atom. The van der Waals surface area contributed by atoms with Gasteiger partial charge in [-0.1, -0.05) is 12.1 Å². The van der Waals surface area contributed by atoms with E-state index in [4.69, 9.17) is 14.0 Å². The second-order valence-electron chi connectivity index (χ2n) is 6.58. The van der Waals surface area contributed by atoms with Gasteiger partial charge in [-0.3, -0.25) is 9.69 Å². The molecule has 3 heterocycles. The molecule has 0 aliphatic carbocycles. The molecule has 1 aromatic heterocycles. The van der Waals surface area contributed by atoms with Crippen LogP contribution in [-0.2, 0) is 6.54 Å². The van der Waals surface area contributed by atoms with Crippen LogP contribution >= 0.6 is 0 Å². The number of likely N-dealkylation sites (tertiary alicyclic amines) is 1. The van der Waals surface area contributed by atoms with Crippen LogP contribution in [0.2, 0.25) is 0 Å². The van der Waals surface area contributed by atoms with Crippen LogP contribution in [-0.4, -0.2) is 48.3 Å². The fourth-order valence-electron chi connectivity index (χ4n) is 3.43. The Morgan fingerprint density at radius 1 is 1.32 bits per heavy atom. The van der Waals surface area contributed by atoms with Crippen molar-refractivity contribution in [3.05, 3.63) is 41.7 Å². The smallest absolute Gasteiger partial charge is 0.255 e. The molecule has 0 bridgehead atoms. The van der Waals surface area contributed by atoms with E-state index in [9.17, 15) is 4.79 Å². The Hall–Kier alpha value is -2.54. The molecule has 1 saturated heterocycles. The van der Waals surface area contributed by atoms with Crippen molar-refractivity contribution in [3.63, 3.8) is 0 Å². The summed E-state index contributed by atoms with van der Waals surface area (Å²) in [5.74, 6) is 1.89. The van der Waals surface area contributed by atoms with Crippen LogP contribution in [0.3, 0.4) is 0 Å². The van der Waals surface area contributed by atoms with Crippen LogP contribution in [0.25, 0.3) is 0 Å². The summed E-state index contributed by atoms with van der Waals surface area (Å²) in [6.45, 7) is 2.95. The van der Waals surface area contributed by atoms with Crippen LogP contribution in [0.15, 0.2) is 34.9 Å². The van der Waals surface area contributed by atoms with Gasteiger partial charge >= 0.3 is 0 Å². The largest absolute Gasteiger partial charge is 0.485 e. The van der Waals surface area contributed by atoms with Gasteiger partial charge in [-0.25, -0.2) is 0 Å². The summed E-state index contributed by atoms with van der Waals surface area (Å²) in [6.07, 6.45) is 1.68. The number of methoxy groups -OCH3 is 1. The maximum Gasteiger partial charge on any atom is 0.255 e. The predicted molar refractivity (Wildman–Crippen MR) is 89.7 cm³/mol. The second kappa shape index (κ2) is 6.40. The average Bonchev–Trinajstić information content (AvgIpc) is 3.04. The quantitative estimate of drug-likeness (QED) is 0.916. The molecule has 7 heteroatoms. The third kappa shape index (κ3) is 3.19. The number of fused-ring (bicyclic) bond motifs is 1. The summed E-state index contributed by atoms with van der Waals surface area (Å²) in [4.78, 5) is 14.5. The van der Waals surface area contributed by atoms with Gasteiger partial charge < -0.3 is 19.3 Å². The molecule has 4 rings (SSSR count). The number of piperidine rings is 1. The van der Waals surface area contributed by atoms with Gasteiger partial charge in [-0.05, 0) is 17.3 Å². The van der Waals surface area contributed by atoms with Crippen LogP contribution in [0.4, 0.5) is 0 Å². The highest BCUT2D eigenvalue weighted by molar-refractivity contribution is 5.97. The molecule has 132 valence electrons. The summed E-state index contributed by atoms with van der Waals surface area (Å²) in [5.41, 5.74) is 0.258. The summed E-state index contributed by atoms with van der Waals surface area (Å²) in [5, 5.41) is 6.84. The van der Waals surface area contributed by atoms with Crippen molar-refractivity contribution in [3.8, 4) is 11.6 Å². The number of benzene rings is 1. The lowest BCUT2D eigenvalue weighted by Crippen LogP contribution is -2.52. The van der Waals surface area contributed by atoms with Gasteiger partial charge in [0.15, 0.2) is 5.76 Å². The molecule has 0 saturated carbocycles. The minimum absolute atomic E-state index is 0.0661. The molecule has 7 nitrogen and oxygen atoms in total. The molecule has 1 spiro atoms. The van der Waals surface area contributed by atoms with E-state index in [-0.39, 0.29) is 11.5 Å². The highest BCUT2D eigenvalue weighted by Crippen LogP contribution is 2.33. The first-order chi connectivity index (χ1) is 12.2. The van der Waals surface area contributed by atoms with E-state index >= 15 is 0 Å². The molecular formula is C18H21N3O4. The number of ether oxygens (including phenoxy) is 2. The highest BCUT2D eigenvalue weighted by Gasteiger charge is 2.40. The molecule has 1 N–H and O–H groups in total. The number of hydrogen-bond acceptors (Lipinski definition) is 6. The first kappa shape index (κ1) is 16.0. The molecule has 1 amide bonds. The lowest BCUT2D eigenvalue weighted by atomic mass is 9.91. The van der Waals surface area contributed by atoms with Crippen molar-refractivity contribution >= 4 is 5.91 Å². The zero-order valence-corrected chi connectivity index (χ0v) is 14.2. The van der Waals surface area contributed by atoms with E-state index in [0.29, 0.717) is 30.3 Å². The number of carbonyl (C=O) groups is 1. The molecule has 25 heavy (non-hydrogen) atoms. The topological polar surface area (TPSA) is 76.8 Å². The summed E-state index contributed by atoms with van der Waals surface area (Å²) in [6, 6.07) is 9.24. The maximum atomic E-state index is 12.2. The Kier molecular flexibility index (Phi) is 4.09. The highest BCUT2D eigenvalue weighted by atomic mass is 16.5. The summed E-state index contributed by atoms with van der Waals surface area (Å²) < 4.78 is 16.6. The molecule has 1 fully saturated rings. The van der Waals surface area contributed by atoms with Gasteiger partial charge in [0.05, 0.1) is 25.8 Å². The first-order valence-electron chi connectivity index (χ1n) is 8.46. The lowest BCUT2D eigenvalue weighted by Gasteiger charge is -2.40. The maximum absolute atomic E-state index is 12.2. The molecule has 0 atom stereocenters. The van der Waals surface area contributed by atoms with Gasteiger partial charge in [0, 0.05) is 32.0 Å². The third-order valence-electron chi connectivity index (χ3n) is 4.92. The summed E-state index contributed by atoms with van der Waals surface area (Å²) >= 11 is 0. The average molecular weight is 343 g/mol. The number of hydrogen-bond donors (Lipinski definition) is 1. The van der Waals surface area contributed by atoms with Crippen molar-refractivity contribution in [1.82, 2.24) is 15.4 Å². The first-order valence-corrected chi connectivity index (χ1v) is 8.46. The molecular weight excluding hydrogens is 322 g/mol. The third-order valence-corrected chi connectivity index (χ3v) is 4.92. The molecule has 0 unspecified atom stereocenters. The molecule has 2 aliphatic rings. The van der Waals surface area contributed by atoms with Gasteiger partial charge in [0.2, 0.25) is 0 Å². The number of nitrogens with zero attached hydrogens (tertiary/aromatic N) is 2. The SMILES string of the molecule is COc1cc(CN2CCC3(CC2)CNC(=O)c2ccccc2O3)on1. The van der Waals surface area contributed by atoms with Crippen molar-refractivity contribution in [1.29, 1.82) is 0 Å². The van der Waals surface area contributed by atoms with E-state index in [0.717, 1.165) is 31.7 Å².